The van der Waals surface area contributed by atoms with E-state index in [0.717, 1.165) is 25.7 Å². The summed E-state index contributed by atoms with van der Waals surface area (Å²) in [7, 11) is 0. The van der Waals surface area contributed by atoms with Crippen molar-refractivity contribution in [2.75, 3.05) is 0 Å². The van der Waals surface area contributed by atoms with E-state index in [1.807, 2.05) is 13.8 Å². The Morgan fingerprint density at radius 1 is 1.03 bits per heavy atom. The van der Waals surface area contributed by atoms with Crippen molar-refractivity contribution in [3.63, 3.8) is 0 Å². The summed E-state index contributed by atoms with van der Waals surface area (Å²) in [6, 6.07) is 0. The highest BCUT2D eigenvalue weighted by molar-refractivity contribution is 5.37. The Morgan fingerprint density at radius 2 is 1.69 bits per heavy atom. The molecule has 3 aliphatic heterocycles. The quantitative estimate of drug-likeness (QED) is 0.683. The molecule has 0 amide bonds. The first kappa shape index (κ1) is 20.4. The van der Waals surface area contributed by atoms with E-state index in [4.69, 9.17) is 14.2 Å². The minimum absolute atomic E-state index is 0.0199. The minimum Gasteiger partial charge on any atom is -0.387 e. The molecule has 164 valence electrons. The van der Waals surface area contributed by atoms with Crippen molar-refractivity contribution in [2.45, 2.75) is 110 Å². The summed E-state index contributed by atoms with van der Waals surface area (Å²) in [4.78, 5) is 0. The molecule has 1 unspecified atom stereocenters. The van der Waals surface area contributed by atoms with Crippen LogP contribution in [0.15, 0.2) is 11.1 Å². The van der Waals surface area contributed by atoms with Crippen molar-refractivity contribution in [1.82, 2.24) is 0 Å². The zero-order chi connectivity index (χ0) is 20.9. The first-order valence-electron chi connectivity index (χ1n) is 11.6. The van der Waals surface area contributed by atoms with Crippen molar-refractivity contribution < 1.29 is 24.4 Å². The molecule has 2 aliphatic carbocycles. The van der Waals surface area contributed by atoms with Crippen LogP contribution in [0.1, 0.15) is 73.6 Å². The van der Waals surface area contributed by atoms with Gasteiger partial charge < -0.3 is 24.4 Å². The van der Waals surface area contributed by atoms with Gasteiger partial charge in [0.25, 0.3) is 0 Å². The van der Waals surface area contributed by atoms with Crippen LogP contribution < -0.4 is 0 Å². The van der Waals surface area contributed by atoms with Crippen LogP contribution in [-0.4, -0.2) is 46.7 Å². The smallest absolute Gasteiger partial charge is 0.198 e. The van der Waals surface area contributed by atoms with Crippen LogP contribution in [0.3, 0.4) is 0 Å². The molecule has 0 aromatic rings. The maximum atomic E-state index is 11.8. The molecular formula is C24H38O5. The average molecular weight is 407 g/mol. The highest BCUT2D eigenvalue weighted by atomic mass is 16.7. The van der Waals surface area contributed by atoms with Crippen LogP contribution in [0.25, 0.3) is 0 Å². The van der Waals surface area contributed by atoms with E-state index in [0.29, 0.717) is 5.92 Å². The first-order valence-corrected chi connectivity index (χ1v) is 11.6. The Balaban J connectivity index is 1.56. The van der Waals surface area contributed by atoms with Gasteiger partial charge in [-0.25, -0.2) is 0 Å². The van der Waals surface area contributed by atoms with E-state index < -0.39 is 23.6 Å². The molecule has 5 rings (SSSR count). The number of aliphatic hydroxyl groups is 2. The van der Waals surface area contributed by atoms with Crippen LogP contribution in [0.4, 0.5) is 0 Å². The van der Waals surface area contributed by atoms with Crippen LogP contribution in [-0.2, 0) is 14.2 Å². The number of rotatable bonds is 2. The van der Waals surface area contributed by atoms with Gasteiger partial charge in [-0.3, -0.25) is 0 Å². The standard InChI is InChI=1S/C24H38O5/c1-12(2)15-7-8-22(5)9-10-23(6)16(19(15)22)11-17-18(20(25)24(23,26)29-17)21-27-13(3)14(4)28-21/h12-14,16-18,20-21,25-26H,7-11H2,1-6H3/t13-,14+,16-,17-,18-,20-,21?,22-,23-,24-/m1/s1. The van der Waals surface area contributed by atoms with Crippen molar-refractivity contribution in [2.24, 2.45) is 28.6 Å². The first-order chi connectivity index (χ1) is 13.5. The summed E-state index contributed by atoms with van der Waals surface area (Å²) in [5, 5.41) is 23.2. The van der Waals surface area contributed by atoms with Crippen LogP contribution >= 0.6 is 0 Å². The Labute approximate surface area is 174 Å². The van der Waals surface area contributed by atoms with E-state index in [2.05, 4.69) is 27.7 Å². The summed E-state index contributed by atoms with van der Waals surface area (Å²) < 4.78 is 18.4. The lowest BCUT2D eigenvalue weighted by Crippen LogP contribution is -2.62. The number of hydrogen-bond acceptors (Lipinski definition) is 5. The molecule has 1 saturated carbocycles. The van der Waals surface area contributed by atoms with Crippen molar-refractivity contribution in [3.05, 3.63) is 11.1 Å². The lowest BCUT2D eigenvalue weighted by Gasteiger charge is -2.58. The van der Waals surface area contributed by atoms with E-state index in [9.17, 15) is 10.2 Å². The largest absolute Gasteiger partial charge is 0.387 e. The second kappa shape index (κ2) is 6.29. The van der Waals surface area contributed by atoms with Gasteiger partial charge in [-0.05, 0) is 63.2 Å². The van der Waals surface area contributed by atoms with Gasteiger partial charge in [0.15, 0.2) is 12.1 Å². The van der Waals surface area contributed by atoms with Gasteiger partial charge in [-0.15, -0.1) is 0 Å². The second-order valence-electron chi connectivity index (χ2n) is 11.3. The maximum absolute atomic E-state index is 11.8. The molecule has 4 fully saturated rings. The molecule has 0 spiro atoms. The number of aliphatic hydroxyl groups excluding tert-OH is 1. The number of fused-ring (bicyclic) bond motifs is 6. The third kappa shape index (κ3) is 2.51. The predicted molar refractivity (Wildman–Crippen MR) is 109 cm³/mol. The highest BCUT2D eigenvalue weighted by Gasteiger charge is 2.73. The summed E-state index contributed by atoms with van der Waals surface area (Å²) in [6.45, 7) is 13.1. The maximum Gasteiger partial charge on any atom is 0.198 e. The van der Waals surface area contributed by atoms with E-state index in [-0.39, 0.29) is 35.6 Å². The number of allylic oxidation sites excluding steroid dienone is 2. The van der Waals surface area contributed by atoms with Crippen LogP contribution in [0.5, 0.6) is 0 Å². The minimum atomic E-state index is -1.55. The summed E-state index contributed by atoms with van der Waals surface area (Å²) in [5.41, 5.74) is 2.87. The van der Waals surface area contributed by atoms with Crippen LogP contribution in [0.2, 0.25) is 0 Å². The fourth-order valence-electron chi connectivity index (χ4n) is 7.34. The molecule has 5 aliphatic rings. The third-order valence-corrected chi connectivity index (χ3v) is 9.44. The van der Waals surface area contributed by atoms with Gasteiger partial charge in [-0.1, -0.05) is 38.8 Å². The lowest BCUT2D eigenvalue weighted by molar-refractivity contribution is -0.328. The summed E-state index contributed by atoms with van der Waals surface area (Å²) in [5.74, 6) is -1.15. The monoisotopic (exact) mass is 406 g/mol. The van der Waals surface area contributed by atoms with Gasteiger partial charge in [0, 0.05) is 5.41 Å². The fraction of sp³-hybridized carbons (Fsp3) is 0.917. The average Bonchev–Trinajstić information content (AvgIpc) is 3.23. The van der Waals surface area contributed by atoms with Crippen LogP contribution in [0, 0.1) is 28.6 Å². The van der Waals surface area contributed by atoms with Gasteiger partial charge in [-0.2, -0.15) is 0 Å². The molecule has 5 nitrogen and oxygen atoms in total. The molecule has 0 aromatic heterocycles. The molecule has 5 heteroatoms. The van der Waals surface area contributed by atoms with Gasteiger partial charge >= 0.3 is 0 Å². The number of ether oxygens (including phenoxy) is 3. The highest BCUT2D eigenvalue weighted by Crippen LogP contribution is 2.69. The van der Waals surface area contributed by atoms with Gasteiger partial charge in [0.2, 0.25) is 0 Å². The molecule has 2 bridgehead atoms. The van der Waals surface area contributed by atoms with E-state index in [1.54, 1.807) is 11.1 Å². The van der Waals surface area contributed by atoms with Crippen molar-refractivity contribution >= 4 is 0 Å². The fourth-order valence-corrected chi connectivity index (χ4v) is 7.34. The summed E-state index contributed by atoms with van der Waals surface area (Å²) >= 11 is 0. The molecule has 3 saturated heterocycles. The third-order valence-electron chi connectivity index (χ3n) is 9.44. The lowest BCUT2D eigenvalue weighted by atomic mass is 9.52. The SMILES string of the molecule is CC(C)C1=C2[C@H]3C[C@H]4O[C@](O)([C@H](O)[C@@H]4C4O[C@@H](C)[C@@H](C)O4)[C@]3(C)CC[C@@]2(C)CC1. The van der Waals surface area contributed by atoms with Crippen molar-refractivity contribution in [1.29, 1.82) is 0 Å². The Bertz CT molecular complexity index is 723. The second-order valence-corrected chi connectivity index (χ2v) is 11.3. The molecule has 10 atom stereocenters. The molecule has 2 N–H and O–H groups in total. The molecule has 0 radical (unpaired) electrons. The Hall–Kier alpha value is -0.460. The zero-order valence-corrected chi connectivity index (χ0v) is 18.8. The molecular weight excluding hydrogens is 368 g/mol. The topological polar surface area (TPSA) is 68.2 Å². The van der Waals surface area contributed by atoms with Gasteiger partial charge in [0.05, 0.1) is 24.2 Å². The Morgan fingerprint density at radius 3 is 2.31 bits per heavy atom. The Kier molecular flexibility index (Phi) is 4.43. The zero-order valence-electron chi connectivity index (χ0n) is 18.8. The molecule has 0 aromatic carbocycles. The van der Waals surface area contributed by atoms with E-state index >= 15 is 0 Å². The number of hydrogen-bond donors (Lipinski definition) is 2. The predicted octanol–water partition coefficient (Wildman–Crippen LogP) is 3.77. The van der Waals surface area contributed by atoms with E-state index in [1.165, 1.54) is 6.42 Å². The summed E-state index contributed by atoms with van der Waals surface area (Å²) in [6.07, 6.45) is 3.30. The normalized spacial score (nSPS) is 56.8. The van der Waals surface area contributed by atoms with Crippen molar-refractivity contribution in [3.8, 4) is 0 Å². The molecule has 29 heavy (non-hydrogen) atoms. The van der Waals surface area contributed by atoms with Gasteiger partial charge in [0.1, 0.15) is 6.10 Å². The molecule has 3 heterocycles.